The molecule has 0 unspecified atom stereocenters. The lowest BCUT2D eigenvalue weighted by Gasteiger charge is -2.27. The number of rotatable bonds is 9. The fourth-order valence-corrected chi connectivity index (χ4v) is 2.49. The third-order valence-corrected chi connectivity index (χ3v) is 3.72. The minimum absolute atomic E-state index is 0.836. The lowest BCUT2D eigenvalue weighted by atomic mass is 10.00. The molecule has 1 aliphatic heterocycles. The van der Waals surface area contributed by atoms with Gasteiger partial charge in [0.25, 0.3) is 0 Å². The maximum absolute atomic E-state index is 5.40. The SMILES string of the molecule is CC(C)CCCNCCN(C)CC1CCOCC1. The first-order valence-electron chi connectivity index (χ1n) is 7.65. The Labute approximate surface area is 113 Å². The molecule has 0 atom stereocenters. The quantitative estimate of drug-likeness (QED) is 0.641. The third kappa shape index (κ3) is 8.06. The number of nitrogens with one attached hydrogen (secondary N) is 1. The molecule has 1 saturated heterocycles. The summed E-state index contributed by atoms with van der Waals surface area (Å²) in [6.45, 7) is 11.2. The van der Waals surface area contributed by atoms with E-state index < -0.39 is 0 Å². The van der Waals surface area contributed by atoms with Gasteiger partial charge in [-0.1, -0.05) is 13.8 Å². The fourth-order valence-electron chi connectivity index (χ4n) is 2.49. The van der Waals surface area contributed by atoms with Crippen LogP contribution in [0.25, 0.3) is 0 Å². The van der Waals surface area contributed by atoms with Crippen LogP contribution in [0.3, 0.4) is 0 Å². The molecule has 108 valence electrons. The van der Waals surface area contributed by atoms with Crippen LogP contribution in [0.5, 0.6) is 0 Å². The summed E-state index contributed by atoms with van der Waals surface area (Å²) < 4.78 is 5.40. The molecule has 18 heavy (non-hydrogen) atoms. The molecule has 1 N–H and O–H groups in total. The van der Waals surface area contributed by atoms with Crippen LogP contribution >= 0.6 is 0 Å². The van der Waals surface area contributed by atoms with Crippen LogP contribution in [0.2, 0.25) is 0 Å². The van der Waals surface area contributed by atoms with E-state index >= 15 is 0 Å². The Kier molecular flexibility index (Phi) is 8.64. The Hall–Kier alpha value is -0.120. The number of hydrogen-bond donors (Lipinski definition) is 1. The largest absolute Gasteiger partial charge is 0.381 e. The predicted molar refractivity (Wildman–Crippen MR) is 78.0 cm³/mol. The molecule has 0 aromatic rings. The van der Waals surface area contributed by atoms with Crippen molar-refractivity contribution in [1.82, 2.24) is 10.2 Å². The van der Waals surface area contributed by atoms with Gasteiger partial charge in [-0.2, -0.15) is 0 Å². The number of ether oxygens (including phenoxy) is 1. The van der Waals surface area contributed by atoms with Crippen molar-refractivity contribution in [2.75, 3.05) is 46.4 Å². The van der Waals surface area contributed by atoms with E-state index in [1.165, 1.54) is 45.3 Å². The molecule has 0 amide bonds. The van der Waals surface area contributed by atoms with Crippen LogP contribution in [-0.4, -0.2) is 51.3 Å². The van der Waals surface area contributed by atoms with E-state index in [-0.39, 0.29) is 0 Å². The molecule has 0 radical (unpaired) electrons. The lowest BCUT2D eigenvalue weighted by Crippen LogP contribution is -2.34. The molecular formula is C15H32N2O. The van der Waals surface area contributed by atoms with Gasteiger partial charge >= 0.3 is 0 Å². The van der Waals surface area contributed by atoms with Gasteiger partial charge in [0, 0.05) is 32.8 Å². The summed E-state index contributed by atoms with van der Waals surface area (Å²) in [6.07, 6.45) is 5.13. The normalized spacial score (nSPS) is 17.8. The van der Waals surface area contributed by atoms with Crippen LogP contribution in [0.4, 0.5) is 0 Å². The van der Waals surface area contributed by atoms with Crippen LogP contribution in [0, 0.1) is 11.8 Å². The molecular weight excluding hydrogens is 224 g/mol. The Balaban J connectivity index is 1.91. The molecule has 3 nitrogen and oxygen atoms in total. The number of hydrogen-bond acceptors (Lipinski definition) is 3. The summed E-state index contributed by atoms with van der Waals surface area (Å²) in [6, 6.07) is 0. The highest BCUT2D eigenvalue weighted by Gasteiger charge is 2.15. The highest BCUT2D eigenvalue weighted by atomic mass is 16.5. The fraction of sp³-hybridized carbons (Fsp3) is 1.00. The van der Waals surface area contributed by atoms with Gasteiger partial charge in [-0.3, -0.25) is 0 Å². The van der Waals surface area contributed by atoms with Crippen molar-refractivity contribution in [2.24, 2.45) is 11.8 Å². The van der Waals surface area contributed by atoms with Crippen LogP contribution in [-0.2, 0) is 4.74 Å². The minimum atomic E-state index is 0.836. The molecule has 1 fully saturated rings. The maximum Gasteiger partial charge on any atom is 0.0469 e. The van der Waals surface area contributed by atoms with Gasteiger partial charge in [-0.05, 0) is 51.1 Å². The molecule has 3 heteroatoms. The van der Waals surface area contributed by atoms with Crippen molar-refractivity contribution in [1.29, 1.82) is 0 Å². The molecule has 0 aliphatic carbocycles. The molecule has 0 aromatic heterocycles. The Morgan fingerprint density at radius 3 is 2.61 bits per heavy atom. The van der Waals surface area contributed by atoms with Gasteiger partial charge in [0.05, 0.1) is 0 Å². The van der Waals surface area contributed by atoms with Crippen LogP contribution in [0.1, 0.15) is 39.5 Å². The van der Waals surface area contributed by atoms with Gasteiger partial charge in [0.1, 0.15) is 0 Å². The van der Waals surface area contributed by atoms with E-state index in [1.807, 2.05) is 0 Å². The Morgan fingerprint density at radius 1 is 1.22 bits per heavy atom. The summed E-state index contributed by atoms with van der Waals surface area (Å²) in [5.74, 6) is 1.69. The predicted octanol–water partition coefficient (Wildman–Crippen LogP) is 2.37. The second-order valence-corrected chi connectivity index (χ2v) is 6.10. The standard InChI is InChI=1S/C15H32N2O/c1-14(2)5-4-8-16-9-10-17(3)13-15-6-11-18-12-7-15/h14-16H,4-13H2,1-3H3. The monoisotopic (exact) mass is 256 g/mol. The lowest BCUT2D eigenvalue weighted by molar-refractivity contribution is 0.0558. The first-order chi connectivity index (χ1) is 8.68. The molecule has 0 saturated carbocycles. The molecule has 0 spiro atoms. The van der Waals surface area contributed by atoms with Crippen molar-refractivity contribution >= 4 is 0 Å². The number of nitrogens with zero attached hydrogens (tertiary/aromatic N) is 1. The average Bonchev–Trinajstić information content (AvgIpc) is 2.34. The zero-order valence-electron chi connectivity index (χ0n) is 12.6. The summed E-state index contributed by atoms with van der Waals surface area (Å²) >= 11 is 0. The first kappa shape index (κ1) is 15.9. The van der Waals surface area contributed by atoms with Crippen LogP contribution in [0.15, 0.2) is 0 Å². The zero-order chi connectivity index (χ0) is 13.2. The molecule has 1 aliphatic rings. The first-order valence-corrected chi connectivity index (χ1v) is 7.65. The summed E-state index contributed by atoms with van der Waals surface area (Å²) in [5.41, 5.74) is 0. The average molecular weight is 256 g/mol. The highest BCUT2D eigenvalue weighted by Crippen LogP contribution is 2.15. The van der Waals surface area contributed by atoms with Gasteiger partial charge < -0.3 is 15.0 Å². The van der Waals surface area contributed by atoms with E-state index in [2.05, 4.69) is 31.1 Å². The van der Waals surface area contributed by atoms with Crippen molar-refractivity contribution in [3.8, 4) is 0 Å². The summed E-state index contributed by atoms with van der Waals surface area (Å²) in [4.78, 5) is 2.46. The molecule has 0 bridgehead atoms. The van der Waals surface area contributed by atoms with Gasteiger partial charge in [0.2, 0.25) is 0 Å². The zero-order valence-corrected chi connectivity index (χ0v) is 12.6. The topological polar surface area (TPSA) is 24.5 Å². The van der Waals surface area contributed by atoms with E-state index in [4.69, 9.17) is 4.74 Å². The Bertz CT molecular complexity index is 191. The molecule has 0 aromatic carbocycles. The van der Waals surface area contributed by atoms with Crippen molar-refractivity contribution < 1.29 is 4.74 Å². The second-order valence-electron chi connectivity index (χ2n) is 6.10. The van der Waals surface area contributed by atoms with Crippen molar-refractivity contribution in [2.45, 2.75) is 39.5 Å². The van der Waals surface area contributed by atoms with Gasteiger partial charge in [0.15, 0.2) is 0 Å². The molecule has 1 rings (SSSR count). The highest BCUT2D eigenvalue weighted by molar-refractivity contribution is 4.67. The summed E-state index contributed by atoms with van der Waals surface area (Å²) in [5, 5.41) is 3.54. The van der Waals surface area contributed by atoms with Crippen molar-refractivity contribution in [3.05, 3.63) is 0 Å². The number of likely N-dealkylation sites (N-methyl/N-ethyl adjacent to an activating group) is 1. The smallest absolute Gasteiger partial charge is 0.0469 e. The summed E-state index contributed by atoms with van der Waals surface area (Å²) in [7, 11) is 2.24. The minimum Gasteiger partial charge on any atom is -0.381 e. The second kappa shape index (κ2) is 9.76. The van der Waals surface area contributed by atoms with Crippen molar-refractivity contribution in [3.63, 3.8) is 0 Å². The molecule has 1 heterocycles. The van der Waals surface area contributed by atoms with E-state index in [0.717, 1.165) is 31.6 Å². The third-order valence-electron chi connectivity index (χ3n) is 3.72. The van der Waals surface area contributed by atoms with Crippen LogP contribution < -0.4 is 5.32 Å². The van der Waals surface area contributed by atoms with E-state index in [9.17, 15) is 0 Å². The van der Waals surface area contributed by atoms with E-state index in [0.29, 0.717) is 0 Å². The Morgan fingerprint density at radius 2 is 1.94 bits per heavy atom. The van der Waals surface area contributed by atoms with Gasteiger partial charge in [-0.15, -0.1) is 0 Å². The van der Waals surface area contributed by atoms with E-state index in [1.54, 1.807) is 0 Å². The maximum atomic E-state index is 5.40. The van der Waals surface area contributed by atoms with Gasteiger partial charge in [-0.25, -0.2) is 0 Å².